The summed E-state index contributed by atoms with van der Waals surface area (Å²) < 4.78 is 4.84. The first kappa shape index (κ1) is 20.1. The third-order valence-electron chi connectivity index (χ3n) is 2.15. The number of carbonyl (C=O) groups is 2. The number of hydrogen-bond donors (Lipinski definition) is 1. The number of nitrogens with zero attached hydrogens (tertiary/aromatic N) is 1. The van der Waals surface area contributed by atoms with Crippen LogP contribution in [0.1, 0.15) is 54.4 Å². The van der Waals surface area contributed by atoms with Crippen LogP contribution < -0.4 is 5.32 Å². The van der Waals surface area contributed by atoms with Gasteiger partial charge < -0.3 is 15.0 Å². The van der Waals surface area contributed by atoms with Crippen LogP contribution in [0.3, 0.4) is 0 Å². The van der Waals surface area contributed by atoms with E-state index in [-0.39, 0.29) is 17.6 Å². The van der Waals surface area contributed by atoms with Crippen LogP contribution in [0.5, 0.6) is 0 Å². The van der Waals surface area contributed by atoms with Crippen molar-refractivity contribution >= 4 is 12.0 Å². The minimum Gasteiger partial charge on any atom is -0.444 e. The van der Waals surface area contributed by atoms with Crippen molar-refractivity contribution in [1.29, 1.82) is 0 Å². The Hall–Kier alpha value is -1.26. The summed E-state index contributed by atoms with van der Waals surface area (Å²) in [5, 5.41) is 2.36. The SMILES string of the molecule is CC.CC(=O)N1CCCC1.CNC(=O)OC(C)(C)C. The lowest BCUT2D eigenvalue weighted by Gasteiger charge is -2.18. The van der Waals surface area contributed by atoms with Crippen molar-refractivity contribution in [3.8, 4) is 0 Å². The first-order chi connectivity index (χ1) is 8.76. The molecular formula is C14H30N2O3. The van der Waals surface area contributed by atoms with Gasteiger partial charge in [-0.25, -0.2) is 4.79 Å². The zero-order valence-electron chi connectivity index (χ0n) is 13.5. The summed E-state index contributed by atoms with van der Waals surface area (Å²) in [7, 11) is 1.54. The molecule has 0 radical (unpaired) electrons. The highest BCUT2D eigenvalue weighted by molar-refractivity contribution is 5.73. The second-order valence-corrected chi connectivity index (χ2v) is 4.97. The first-order valence-electron chi connectivity index (χ1n) is 6.92. The van der Waals surface area contributed by atoms with Crippen LogP contribution in [0.4, 0.5) is 4.79 Å². The maximum Gasteiger partial charge on any atom is 0.407 e. The van der Waals surface area contributed by atoms with Crippen LogP contribution in [-0.4, -0.2) is 42.6 Å². The highest BCUT2D eigenvalue weighted by atomic mass is 16.6. The molecule has 0 aliphatic carbocycles. The number of hydrogen-bond acceptors (Lipinski definition) is 3. The molecule has 1 aliphatic rings. The number of nitrogens with one attached hydrogen (secondary N) is 1. The van der Waals surface area contributed by atoms with Crippen molar-refractivity contribution in [2.45, 2.75) is 60.0 Å². The lowest BCUT2D eigenvalue weighted by molar-refractivity contribution is -0.127. The number of carbonyl (C=O) groups excluding carboxylic acids is 2. The Balaban J connectivity index is 0. The largest absolute Gasteiger partial charge is 0.444 e. The monoisotopic (exact) mass is 274 g/mol. The number of rotatable bonds is 0. The third-order valence-corrected chi connectivity index (χ3v) is 2.15. The fourth-order valence-electron chi connectivity index (χ4n) is 1.36. The van der Waals surface area contributed by atoms with E-state index in [1.54, 1.807) is 6.92 Å². The van der Waals surface area contributed by atoms with Gasteiger partial charge in [-0.3, -0.25) is 4.79 Å². The number of ether oxygens (including phenoxy) is 1. The Labute approximate surface area is 117 Å². The second kappa shape index (κ2) is 10.6. The molecule has 0 atom stereocenters. The summed E-state index contributed by atoms with van der Waals surface area (Å²) in [5.41, 5.74) is -0.389. The molecule has 0 spiro atoms. The van der Waals surface area contributed by atoms with Crippen LogP contribution in [-0.2, 0) is 9.53 Å². The predicted molar refractivity (Wildman–Crippen MR) is 78.1 cm³/mol. The van der Waals surface area contributed by atoms with Gasteiger partial charge in [0, 0.05) is 27.1 Å². The van der Waals surface area contributed by atoms with Gasteiger partial charge in [-0.2, -0.15) is 0 Å². The van der Waals surface area contributed by atoms with Crippen molar-refractivity contribution in [2.75, 3.05) is 20.1 Å². The van der Waals surface area contributed by atoms with E-state index >= 15 is 0 Å². The van der Waals surface area contributed by atoms with Gasteiger partial charge in [-0.1, -0.05) is 13.8 Å². The van der Waals surface area contributed by atoms with Gasteiger partial charge >= 0.3 is 6.09 Å². The Bertz CT molecular complexity index is 254. The second-order valence-electron chi connectivity index (χ2n) is 4.97. The predicted octanol–water partition coefficient (Wildman–Crippen LogP) is 2.80. The van der Waals surface area contributed by atoms with Gasteiger partial charge in [0.15, 0.2) is 0 Å². The van der Waals surface area contributed by atoms with Crippen LogP contribution in [0.15, 0.2) is 0 Å². The molecule has 1 heterocycles. The van der Waals surface area contributed by atoms with Crippen LogP contribution in [0.2, 0.25) is 0 Å². The van der Waals surface area contributed by atoms with E-state index in [2.05, 4.69) is 5.32 Å². The van der Waals surface area contributed by atoms with Crippen LogP contribution >= 0.6 is 0 Å². The number of alkyl carbamates (subject to hydrolysis) is 1. The van der Waals surface area contributed by atoms with E-state index in [4.69, 9.17) is 4.74 Å². The Morgan fingerprint density at radius 2 is 1.53 bits per heavy atom. The molecule has 0 aromatic heterocycles. The Kier molecular flexibility index (Phi) is 11.2. The maximum atomic E-state index is 10.6. The van der Waals surface area contributed by atoms with E-state index in [9.17, 15) is 9.59 Å². The van der Waals surface area contributed by atoms with E-state index in [1.807, 2.05) is 39.5 Å². The molecule has 0 aromatic carbocycles. The smallest absolute Gasteiger partial charge is 0.407 e. The fourth-order valence-corrected chi connectivity index (χ4v) is 1.36. The minimum absolute atomic E-state index is 0.225. The zero-order chi connectivity index (χ0) is 15.5. The van der Waals surface area contributed by atoms with Crippen molar-refractivity contribution in [2.24, 2.45) is 0 Å². The third kappa shape index (κ3) is 13.0. The van der Waals surface area contributed by atoms with Gasteiger partial charge in [0.05, 0.1) is 0 Å². The molecule has 1 saturated heterocycles. The minimum atomic E-state index is -0.389. The highest BCUT2D eigenvalue weighted by Gasteiger charge is 2.14. The van der Waals surface area contributed by atoms with Gasteiger partial charge in [-0.15, -0.1) is 0 Å². The van der Waals surface area contributed by atoms with Crippen LogP contribution in [0.25, 0.3) is 0 Å². The summed E-state index contributed by atoms with van der Waals surface area (Å²) in [6.45, 7) is 13.1. The van der Waals surface area contributed by atoms with E-state index in [1.165, 1.54) is 19.9 Å². The summed E-state index contributed by atoms with van der Waals surface area (Å²) in [4.78, 5) is 23.0. The topological polar surface area (TPSA) is 58.6 Å². The molecule has 0 aromatic rings. The molecule has 5 heteroatoms. The summed E-state index contributed by atoms with van der Waals surface area (Å²) >= 11 is 0. The molecule has 0 saturated carbocycles. The van der Waals surface area contributed by atoms with Crippen molar-refractivity contribution in [3.63, 3.8) is 0 Å². The fraction of sp³-hybridized carbons (Fsp3) is 0.857. The molecule has 5 nitrogen and oxygen atoms in total. The number of likely N-dealkylation sites (tertiary alicyclic amines) is 1. The maximum absolute atomic E-state index is 10.6. The number of amides is 2. The molecular weight excluding hydrogens is 244 g/mol. The average Bonchev–Trinajstić information content (AvgIpc) is 2.84. The van der Waals surface area contributed by atoms with Gasteiger partial charge in [-0.05, 0) is 33.6 Å². The molecule has 1 aliphatic heterocycles. The van der Waals surface area contributed by atoms with E-state index < -0.39 is 0 Å². The van der Waals surface area contributed by atoms with Crippen molar-refractivity contribution in [1.82, 2.24) is 10.2 Å². The lowest BCUT2D eigenvalue weighted by Crippen LogP contribution is -2.30. The zero-order valence-corrected chi connectivity index (χ0v) is 13.5. The van der Waals surface area contributed by atoms with E-state index in [0.717, 1.165) is 13.1 Å². The summed E-state index contributed by atoms with van der Waals surface area (Å²) in [6, 6.07) is 0. The van der Waals surface area contributed by atoms with Crippen molar-refractivity contribution < 1.29 is 14.3 Å². The molecule has 1 fully saturated rings. The molecule has 2 amide bonds. The quantitative estimate of drug-likeness (QED) is 0.739. The molecule has 1 N–H and O–H groups in total. The summed E-state index contributed by atoms with van der Waals surface area (Å²) in [5.74, 6) is 0.225. The first-order valence-corrected chi connectivity index (χ1v) is 6.92. The standard InChI is InChI=1S/C6H13NO2.C6H11NO.C2H6/c1-6(2,3)9-5(8)7-4;1-6(8)7-4-2-3-5-7;1-2/h1-4H3,(H,7,8);2-5H2,1H3;1-2H3. The summed E-state index contributed by atoms with van der Waals surface area (Å²) in [6.07, 6.45) is 2.00. The molecule has 0 unspecified atom stereocenters. The Morgan fingerprint density at radius 1 is 1.11 bits per heavy atom. The average molecular weight is 274 g/mol. The van der Waals surface area contributed by atoms with E-state index in [0.29, 0.717) is 0 Å². The van der Waals surface area contributed by atoms with Gasteiger partial charge in [0.1, 0.15) is 5.60 Å². The normalized spacial score (nSPS) is 13.5. The molecule has 1 rings (SSSR count). The van der Waals surface area contributed by atoms with Crippen LogP contribution in [0, 0.1) is 0 Å². The molecule has 114 valence electrons. The van der Waals surface area contributed by atoms with Crippen molar-refractivity contribution in [3.05, 3.63) is 0 Å². The molecule has 19 heavy (non-hydrogen) atoms. The molecule has 0 bridgehead atoms. The van der Waals surface area contributed by atoms with Gasteiger partial charge in [0.25, 0.3) is 0 Å². The lowest BCUT2D eigenvalue weighted by atomic mass is 10.2. The Morgan fingerprint density at radius 3 is 1.68 bits per heavy atom. The highest BCUT2D eigenvalue weighted by Crippen LogP contribution is 2.06. The van der Waals surface area contributed by atoms with Gasteiger partial charge in [0.2, 0.25) is 5.91 Å².